The van der Waals surface area contributed by atoms with Gasteiger partial charge in [0.25, 0.3) is 0 Å². The second kappa shape index (κ2) is 11.6. The van der Waals surface area contributed by atoms with Crippen molar-refractivity contribution in [1.29, 1.82) is 0 Å². The van der Waals surface area contributed by atoms with Gasteiger partial charge in [0, 0.05) is 37.9 Å². The Labute approximate surface area is 179 Å². The van der Waals surface area contributed by atoms with Gasteiger partial charge < -0.3 is 30.6 Å². The molecule has 1 aliphatic rings. The molecule has 30 heavy (non-hydrogen) atoms. The molecule has 0 bridgehead atoms. The molecule has 2 rings (SSSR count). The van der Waals surface area contributed by atoms with E-state index in [1.165, 1.54) is 0 Å². The van der Waals surface area contributed by atoms with E-state index >= 15 is 0 Å². The van der Waals surface area contributed by atoms with Crippen LogP contribution in [0.4, 0.5) is 5.69 Å². The van der Waals surface area contributed by atoms with E-state index in [9.17, 15) is 4.79 Å². The molecule has 1 amide bonds. The quantitative estimate of drug-likeness (QED) is 0.305. The molecule has 0 saturated heterocycles. The molecule has 8 heteroatoms. The van der Waals surface area contributed by atoms with Crippen LogP contribution in [0.2, 0.25) is 0 Å². The fourth-order valence-electron chi connectivity index (χ4n) is 2.57. The fourth-order valence-corrected chi connectivity index (χ4v) is 2.57. The third kappa shape index (κ3) is 8.10. The average Bonchev–Trinajstić information content (AvgIpc) is 2.93. The highest BCUT2D eigenvalue weighted by Crippen LogP contribution is 2.32. The Morgan fingerprint density at radius 1 is 1.27 bits per heavy atom. The van der Waals surface area contributed by atoms with E-state index in [1.54, 1.807) is 13.8 Å². The SMILES string of the molecule is CC(C)COCCCNC(=NCC(C)(C)C(N)=O)Nc1ccc2c(c1)OCCCO2. The molecule has 0 unspecified atom stereocenters. The van der Waals surface area contributed by atoms with Gasteiger partial charge in [-0.1, -0.05) is 13.8 Å². The fraction of sp³-hybridized carbons (Fsp3) is 0.636. The van der Waals surface area contributed by atoms with E-state index in [0.29, 0.717) is 44.0 Å². The molecule has 1 heterocycles. The van der Waals surface area contributed by atoms with Crippen LogP contribution in [-0.4, -0.2) is 51.4 Å². The van der Waals surface area contributed by atoms with Crippen LogP contribution in [0.3, 0.4) is 0 Å². The Balaban J connectivity index is 2.01. The van der Waals surface area contributed by atoms with Gasteiger partial charge in [-0.2, -0.15) is 0 Å². The number of rotatable bonds is 10. The molecule has 0 saturated carbocycles. The summed E-state index contributed by atoms with van der Waals surface area (Å²) in [5.74, 6) is 2.15. The zero-order valence-corrected chi connectivity index (χ0v) is 18.6. The van der Waals surface area contributed by atoms with Crippen molar-refractivity contribution in [2.75, 3.05) is 44.8 Å². The van der Waals surface area contributed by atoms with Crippen LogP contribution >= 0.6 is 0 Å². The van der Waals surface area contributed by atoms with Crippen LogP contribution < -0.4 is 25.8 Å². The number of nitrogens with two attached hydrogens (primary N) is 1. The van der Waals surface area contributed by atoms with Crippen molar-refractivity contribution in [1.82, 2.24) is 5.32 Å². The highest BCUT2D eigenvalue weighted by molar-refractivity contribution is 5.94. The van der Waals surface area contributed by atoms with Gasteiger partial charge in [-0.3, -0.25) is 9.79 Å². The van der Waals surface area contributed by atoms with Crippen molar-refractivity contribution in [2.24, 2.45) is 22.1 Å². The number of amides is 1. The first-order valence-corrected chi connectivity index (χ1v) is 10.6. The monoisotopic (exact) mass is 420 g/mol. The Bertz CT molecular complexity index is 719. The summed E-state index contributed by atoms with van der Waals surface area (Å²) < 4.78 is 17.1. The van der Waals surface area contributed by atoms with Gasteiger partial charge in [0.2, 0.25) is 5.91 Å². The molecule has 8 nitrogen and oxygen atoms in total. The first-order chi connectivity index (χ1) is 14.3. The van der Waals surface area contributed by atoms with Gasteiger partial charge in [0.1, 0.15) is 0 Å². The number of nitrogens with zero attached hydrogens (tertiary/aromatic N) is 1. The smallest absolute Gasteiger partial charge is 0.224 e. The van der Waals surface area contributed by atoms with E-state index < -0.39 is 5.41 Å². The molecule has 1 aliphatic heterocycles. The summed E-state index contributed by atoms with van der Waals surface area (Å²) >= 11 is 0. The number of carbonyl (C=O) groups is 1. The van der Waals surface area contributed by atoms with Crippen molar-refractivity contribution >= 4 is 17.6 Å². The maximum Gasteiger partial charge on any atom is 0.224 e. The van der Waals surface area contributed by atoms with Gasteiger partial charge >= 0.3 is 0 Å². The van der Waals surface area contributed by atoms with Crippen molar-refractivity contribution in [3.63, 3.8) is 0 Å². The number of fused-ring (bicyclic) bond motifs is 1. The lowest BCUT2D eigenvalue weighted by Crippen LogP contribution is -2.37. The average molecular weight is 421 g/mol. The van der Waals surface area contributed by atoms with Gasteiger partial charge in [0.15, 0.2) is 17.5 Å². The number of nitrogens with one attached hydrogen (secondary N) is 2. The first kappa shape index (κ1) is 23.8. The number of hydrogen-bond donors (Lipinski definition) is 3. The van der Waals surface area contributed by atoms with E-state index in [4.69, 9.17) is 19.9 Å². The summed E-state index contributed by atoms with van der Waals surface area (Å²) in [7, 11) is 0. The molecule has 168 valence electrons. The Morgan fingerprint density at radius 3 is 2.70 bits per heavy atom. The molecule has 0 aliphatic carbocycles. The van der Waals surface area contributed by atoms with Crippen LogP contribution in [0, 0.1) is 11.3 Å². The van der Waals surface area contributed by atoms with Gasteiger partial charge in [-0.15, -0.1) is 0 Å². The van der Waals surface area contributed by atoms with Crippen LogP contribution in [0.5, 0.6) is 11.5 Å². The standard InChI is InChI=1S/C22H36N4O4/c1-16(2)14-28-10-5-9-24-21(25-15-22(3,4)20(23)27)26-17-7-8-18-19(13-17)30-12-6-11-29-18/h7-8,13,16H,5-6,9-12,14-15H2,1-4H3,(H2,23,27)(H2,24,25,26). The second-order valence-corrected chi connectivity index (χ2v) is 8.50. The van der Waals surface area contributed by atoms with Crippen molar-refractivity contribution in [3.05, 3.63) is 18.2 Å². The number of carbonyl (C=O) groups excluding carboxylic acids is 1. The van der Waals surface area contributed by atoms with Crippen molar-refractivity contribution in [2.45, 2.75) is 40.5 Å². The van der Waals surface area contributed by atoms with E-state index in [-0.39, 0.29) is 12.5 Å². The third-order valence-electron chi connectivity index (χ3n) is 4.52. The number of hydrogen-bond acceptors (Lipinski definition) is 5. The minimum Gasteiger partial charge on any atom is -0.490 e. The summed E-state index contributed by atoms with van der Waals surface area (Å²) in [5, 5.41) is 6.58. The van der Waals surface area contributed by atoms with E-state index in [1.807, 2.05) is 18.2 Å². The maximum absolute atomic E-state index is 11.6. The summed E-state index contributed by atoms with van der Waals surface area (Å²) in [6, 6.07) is 5.69. The predicted molar refractivity (Wildman–Crippen MR) is 119 cm³/mol. The van der Waals surface area contributed by atoms with Gasteiger partial charge in [-0.25, -0.2) is 0 Å². The molecule has 0 aromatic heterocycles. The van der Waals surface area contributed by atoms with Gasteiger partial charge in [-0.05, 0) is 38.3 Å². The van der Waals surface area contributed by atoms with E-state index in [0.717, 1.165) is 30.9 Å². The largest absolute Gasteiger partial charge is 0.490 e. The predicted octanol–water partition coefficient (Wildman–Crippen LogP) is 2.78. The van der Waals surface area contributed by atoms with Crippen molar-refractivity contribution in [3.8, 4) is 11.5 Å². The van der Waals surface area contributed by atoms with E-state index in [2.05, 4.69) is 29.5 Å². The lowest BCUT2D eigenvalue weighted by atomic mass is 9.93. The summed E-state index contributed by atoms with van der Waals surface area (Å²) in [5.41, 5.74) is 5.57. The molecule has 0 spiro atoms. The van der Waals surface area contributed by atoms with Crippen LogP contribution in [0.1, 0.15) is 40.5 Å². The van der Waals surface area contributed by atoms with Crippen LogP contribution in [0.25, 0.3) is 0 Å². The van der Waals surface area contributed by atoms with Crippen LogP contribution in [-0.2, 0) is 9.53 Å². The highest BCUT2D eigenvalue weighted by Gasteiger charge is 2.24. The minimum absolute atomic E-state index is 0.270. The minimum atomic E-state index is -0.736. The molecule has 0 fully saturated rings. The molecular formula is C22H36N4O4. The molecule has 1 aromatic rings. The highest BCUT2D eigenvalue weighted by atomic mass is 16.5. The molecule has 0 atom stereocenters. The Hall–Kier alpha value is -2.48. The number of aliphatic imine (C=N–C) groups is 1. The topological polar surface area (TPSA) is 107 Å². The van der Waals surface area contributed by atoms with Crippen molar-refractivity contribution < 1.29 is 19.0 Å². The van der Waals surface area contributed by atoms with Gasteiger partial charge in [0.05, 0.1) is 25.2 Å². The number of anilines is 1. The lowest BCUT2D eigenvalue weighted by Gasteiger charge is -2.20. The zero-order chi connectivity index (χ0) is 22.0. The Morgan fingerprint density at radius 2 is 2.00 bits per heavy atom. The summed E-state index contributed by atoms with van der Waals surface area (Å²) in [6.45, 7) is 11.5. The molecular weight excluding hydrogens is 384 g/mol. The first-order valence-electron chi connectivity index (χ1n) is 10.6. The third-order valence-corrected chi connectivity index (χ3v) is 4.52. The number of primary amides is 1. The number of guanidine groups is 1. The normalized spacial score (nSPS) is 14.4. The number of ether oxygens (including phenoxy) is 3. The second-order valence-electron chi connectivity index (χ2n) is 8.50. The number of benzene rings is 1. The van der Waals surface area contributed by atoms with Crippen LogP contribution in [0.15, 0.2) is 23.2 Å². The molecule has 1 aromatic carbocycles. The Kier molecular flexibility index (Phi) is 9.23. The lowest BCUT2D eigenvalue weighted by molar-refractivity contribution is -0.125. The summed E-state index contributed by atoms with van der Waals surface area (Å²) in [4.78, 5) is 16.2. The summed E-state index contributed by atoms with van der Waals surface area (Å²) in [6.07, 6.45) is 1.69. The zero-order valence-electron chi connectivity index (χ0n) is 18.6. The molecule has 4 N–H and O–H groups in total. The maximum atomic E-state index is 11.6. The molecule has 0 radical (unpaired) electrons.